The SMILES string of the molecule is CCCCCCCCCCCCC[C@@H](CC(N)=O)N(CC(C)C)C(=O)[C@H](CCCC(=O)OCc1ccccc1)NC(=O)c1ccc2ccccc2n1. The van der Waals surface area contributed by atoms with Crippen LogP contribution in [0.5, 0.6) is 0 Å². The Hall–Kier alpha value is -4.27. The van der Waals surface area contributed by atoms with E-state index in [-0.39, 0.29) is 55.4 Å². The summed E-state index contributed by atoms with van der Waals surface area (Å²) in [6.07, 6.45) is 14.6. The van der Waals surface area contributed by atoms with E-state index in [0.717, 1.165) is 30.2 Å². The second kappa shape index (κ2) is 24.1. The van der Waals surface area contributed by atoms with E-state index in [1.54, 1.807) is 11.0 Å². The van der Waals surface area contributed by atoms with Crippen molar-refractivity contribution in [2.45, 2.75) is 142 Å². The topological polar surface area (TPSA) is 132 Å². The molecule has 3 N–H and O–H groups in total. The van der Waals surface area contributed by atoms with Crippen LogP contribution >= 0.6 is 0 Å². The third-order valence-electron chi connectivity index (χ3n) is 9.41. The standard InChI is InChI=1S/C43H62N4O5/c1-4-5-6-7-8-9-10-11-12-13-17-24-36(30-40(44)48)47(31-33(2)3)43(51)39(26-20-27-41(49)52-32-34-21-15-14-16-22-34)46-42(50)38-29-28-35-23-18-19-25-37(35)45-38/h14-16,18-19,21-23,25,28-29,33,36,39H,4-13,17,20,24,26-27,30-32H2,1-3H3,(H2,44,48)(H,46,50)/t36-,39-/m0/s1. The molecule has 3 amide bonds. The molecule has 0 fully saturated rings. The molecule has 284 valence electrons. The Morgan fingerprint density at radius 2 is 1.40 bits per heavy atom. The number of nitrogens with two attached hydrogens (primary N) is 1. The van der Waals surface area contributed by atoms with Gasteiger partial charge in [0.15, 0.2) is 0 Å². The predicted molar refractivity (Wildman–Crippen MR) is 208 cm³/mol. The summed E-state index contributed by atoms with van der Waals surface area (Å²) < 4.78 is 5.47. The van der Waals surface area contributed by atoms with Gasteiger partial charge in [0, 0.05) is 30.8 Å². The predicted octanol–water partition coefficient (Wildman–Crippen LogP) is 8.68. The maximum Gasteiger partial charge on any atom is 0.306 e. The van der Waals surface area contributed by atoms with Crippen LogP contribution in [0, 0.1) is 5.92 Å². The molecule has 9 nitrogen and oxygen atoms in total. The molecule has 2 aromatic carbocycles. The molecule has 3 rings (SSSR count). The number of aromatic nitrogens is 1. The van der Waals surface area contributed by atoms with Crippen molar-refractivity contribution in [1.82, 2.24) is 15.2 Å². The lowest BCUT2D eigenvalue weighted by Crippen LogP contribution is -2.53. The Kier molecular flexibility index (Phi) is 19.5. The summed E-state index contributed by atoms with van der Waals surface area (Å²) in [7, 11) is 0. The second-order valence-electron chi connectivity index (χ2n) is 14.5. The zero-order valence-corrected chi connectivity index (χ0v) is 31.8. The lowest BCUT2D eigenvalue weighted by atomic mass is 9.98. The molecule has 1 aromatic heterocycles. The van der Waals surface area contributed by atoms with Gasteiger partial charge in [-0.3, -0.25) is 19.2 Å². The van der Waals surface area contributed by atoms with Crippen molar-refractivity contribution in [3.63, 3.8) is 0 Å². The van der Waals surface area contributed by atoms with Crippen molar-refractivity contribution < 1.29 is 23.9 Å². The van der Waals surface area contributed by atoms with E-state index in [2.05, 4.69) is 17.2 Å². The minimum absolute atomic E-state index is 0.0505. The molecule has 1 heterocycles. The third kappa shape index (κ3) is 16.0. The minimum Gasteiger partial charge on any atom is -0.461 e. The highest BCUT2D eigenvalue weighted by molar-refractivity contribution is 5.98. The van der Waals surface area contributed by atoms with E-state index in [0.29, 0.717) is 24.9 Å². The van der Waals surface area contributed by atoms with Crippen molar-refractivity contribution in [1.29, 1.82) is 0 Å². The van der Waals surface area contributed by atoms with E-state index in [9.17, 15) is 19.2 Å². The zero-order valence-electron chi connectivity index (χ0n) is 31.8. The van der Waals surface area contributed by atoms with Gasteiger partial charge in [0.1, 0.15) is 18.3 Å². The minimum atomic E-state index is -0.936. The molecule has 0 saturated heterocycles. The molecule has 0 aliphatic rings. The normalized spacial score (nSPS) is 12.4. The molecular weight excluding hydrogens is 652 g/mol. The Balaban J connectivity index is 1.69. The number of hydrogen-bond donors (Lipinski definition) is 2. The van der Waals surface area contributed by atoms with Crippen LogP contribution in [0.15, 0.2) is 66.7 Å². The number of unbranched alkanes of at least 4 members (excludes halogenated alkanes) is 10. The summed E-state index contributed by atoms with van der Waals surface area (Å²) in [5, 5.41) is 3.85. The molecule has 0 spiro atoms. The third-order valence-corrected chi connectivity index (χ3v) is 9.41. The van der Waals surface area contributed by atoms with E-state index in [4.69, 9.17) is 10.5 Å². The van der Waals surface area contributed by atoms with Gasteiger partial charge in [0.05, 0.1) is 5.52 Å². The number of primary amides is 1. The Labute approximate surface area is 311 Å². The lowest BCUT2D eigenvalue weighted by Gasteiger charge is -2.35. The number of pyridine rings is 1. The van der Waals surface area contributed by atoms with Gasteiger partial charge in [-0.1, -0.05) is 146 Å². The van der Waals surface area contributed by atoms with E-state index in [1.807, 2.05) is 74.5 Å². The number of rotatable bonds is 26. The quantitative estimate of drug-likeness (QED) is 0.0632. The summed E-state index contributed by atoms with van der Waals surface area (Å²) in [4.78, 5) is 59.4. The molecule has 0 bridgehead atoms. The van der Waals surface area contributed by atoms with Gasteiger partial charge in [-0.25, -0.2) is 4.98 Å². The molecule has 9 heteroatoms. The number of nitrogens with one attached hydrogen (secondary N) is 1. The van der Waals surface area contributed by atoms with Crippen LogP contribution in [0.25, 0.3) is 10.9 Å². The van der Waals surface area contributed by atoms with Crippen molar-refractivity contribution in [2.75, 3.05) is 6.54 Å². The van der Waals surface area contributed by atoms with Gasteiger partial charge < -0.3 is 20.7 Å². The highest BCUT2D eigenvalue weighted by Gasteiger charge is 2.32. The molecular formula is C43H62N4O5. The first-order valence-electron chi connectivity index (χ1n) is 19.6. The van der Waals surface area contributed by atoms with Crippen LogP contribution in [0.2, 0.25) is 0 Å². The highest BCUT2D eigenvalue weighted by Crippen LogP contribution is 2.21. The number of carbonyl (C=O) groups excluding carboxylic acids is 4. The summed E-state index contributed by atoms with van der Waals surface area (Å²) in [6, 6.07) is 19.1. The molecule has 0 aliphatic carbocycles. The zero-order chi connectivity index (χ0) is 37.6. The fraction of sp³-hybridized carbons (Fsp3) is 0.558. The first-order chi connectivity index (χ1) is 25.2. The molecule has 0 unspecified atom stereocenters. The summed E-state index contributed by atoms with van der Waals surface area (Å²) in [6.45, 7) is 6.87. The maximum absolute atomic E-state index is 14.5. The van der Waals surface area contributed by atoms with Crippen LogP contribution in [0.3, 0.4) is 0 Å². The molecule has 3 aromatic rings. The molecule has 52 heavy (non-hydrogen) atoms. The number of para-hydroxylation sites is 1. The second-order valence-corrected chi connectivity index (χ2v) is 14.5. The van der Waals surface area contributed by atoms with Crippen molar-refractivity contribution in [3.8, 4) is 0 Å². The number of fused-ring (bicyclic) bond motifs is 1. The Bertz CT molecular complexity index is 1510. The van der Waals surface area contributed by atoms with Gasteiger partial charge in [-0.15, -0.1) is 0 Å². The smallest absolute Gasteiger partial charge is 0.306 e. The van der Waals surface area contributed by atoms with Crippen LogP contribution in [0.1, 0.15) is 140 Å². The van der Waals surface area contributed by atoms with Gasteiger partial charge in [-0.2, -0.15) is 0 Å². The number of amides is 3. The number of benzene rings is 2. The number of carbonyl (C=O) groups is 4. The molecule has 0 radical (unpaired) electrons. The average Bonchev–Trinajstić information content (AvgIpc) is 3.14. The van der Waals surface area contributed by atoms with Gasteiger partial charge in [0.25, 0.3) is 5.91 Å². The molecule has 0 aliphatic heterocycles. The first kappa shape index (κ1) is 42.1. The number of esters is 1. The lowest BCUT2D eigenvalue weighted by molar-refractivity contribution is -0.145. The van der Waals surface area contributed by atoms with Crippen LogP contribution < -0.4 is 11.1 Å². The van der Waals surface area contributed by atoms with E-state index in [1.165, 1.54) is 51.4 Å². The number of hydrogen-bond acceptors (Lipinski definition) is 6. The van der Waals surface area contributed by atoms with Crippen molar-refractivity contribution in [2.24, 2.45) is 11.7 Å². The van der Waals surface area contributed by atoms with Crippen LogP contribution in [-0.4, -0.2) is 52.2 Å². The van der Waals surface area contributed by atoms with E-state index >= 15 is 0 Å². The number of nitrogens with zero attached hydrogens (tertiary/aromatic N) is 2. The summed E-state index contributed by atoms with van der Waals surface area (Å²) in [5.74, 6) is -1.48. The first-order valence-corrected chi connectivity index (χ1v) is 19.6. The van der Waals surface area contributed by atoms with Crippen molar-refractivity contribution in [3.05, 3.63) is 78.0 Å². The fourth-order valence-corrected chi connectivity index (χ4v) is 6.60. The molecule has 0 saturated carbocycles. The monoisotopic (exact) mass is 714 g/mol. The molecule has 2 atom stereocenters. The summed E-state index contributed by atoms with van der Waals surface area (Å²) in [5.41, 5.74) is 7.51. The van der Waals surface area contributed by atoms with Gasteiger partial charge >= 0.3 is 5.97 Å². The maximum atomic E-state index is 14.5. The van der Waals surface area contributed by atoms with Crippen LogP contribution in [-0.2, 0) is 25.7 Å². The van der Waals surface area contributed by atoms with E-state index < -0.39 is 17.9 Å². The highest BCUT2D eigenvalue weighted by atomic mass is 16.5. The Morgan fingerprint density at radius 3 is 2.06 bits per heavy atom. The number of ether oxygens (including phenoxy) is 1. The Morgan fingerprint density at radius 1 is 0.769 bits per heavy atom. The fourth-order valence-electron chi connectivity index (χ4n) is 6.60. The van der Waals surface area contributed by atoms with Gasteiger partial charge in [0.2, 0.25) is 11.8 Å². The average molecular weight is 715 g/mol. The largest absolute Gasteiger partial charge is 0.461 e. The van der Waals surface area contributed by atoms with Crippen molar-refractivity contribution >= 4 is 34.6 Å². The summed E-state index contributed by atoms with van der Waals surface area (Å²) >= 11 is 0. The van der Waals surface area contributed by atoms with Gasteiger partial charge in [-0.05, 0) is 42.9 Å². The van der Waals surface area contributed by atoms with Crippen LogP contribution in [0.4, 0.5) is 0 Å².